The molecule has 3 bridgehead atoms. The number of benzene rings is 1. The fraction of sp³-hybridized carbons (Fsp3) is 0.619. The van der Waals surface area contributed by atoms with Gasteiger partial charge in [0.2, 0.25) is 5.91 Å². The van der Waals surface area contributed by atoms with Crippen molar-refractivity contribution in [1.29, 1.82) is 5.26 Å². The summed E-state index contributed by atoms with van der Waals surface area (Å²) in [6.07, 6.45) is 4.74. The normalized spacial score (nSPS) is 45.5. The van der Waals surface area contributed by atoms with Gasteiger partial charge >= 0.3 is 0 Å². The van der Waals surface area contributed by atoms with E-state index in [1.54, 1.807) is 0 Å². The molecule has 0 aromatic heterocycles. The predicted molar refractivity (Wildman–Crippen MR) is 92.2 cm³/mol. The first-order valence-corrected chi connectivity index (χ1v) is 9.49. The number of hydrogen-bond donors (Lipinski definition) is 2. The van der Waals surface area contributed by atoms with Crippen molar-refractivity contribution >= 4 is 5.91 Å². The van der Waals surface area contributed by atoms with Gasteiger partial charge in [0.1, 0.15) is 6.54 Å². The van der Waals surface area contributed by atoms with E-state index in [9.17, 15) is 9.90 Å². The van der Waals surface area contributed by atoms with E-state index in [4.69, 9.17) is 5.26 Å². The zero-order chi connectivity index (χ0) is 17.2. The maximum absolute atomic E-state index is 12.6. The monoisotopic (exact) mass is 336 g/mol. The van der Waals surface area contributed by atoms with E-state index in [0.717, 1.165) is 25.7 Å². The fourth-order valence-corrected chi connectivity index (χ4v) is 7.58. The lowest BCUT2D eigenvalue weighted by molar-refractivity contribution is -0.140. The van der Waals surface area contributed by atoms with Crippen LogP contribution < -0.4 is 5.32 Å². The topological polar surface area (TPSA) is 73.1 Å². The summed E-state index contributed by atoms with van der Waals surface area (Å²) in [5.41, 5.74) is 1.54. The van der Waals surface area contributed by atoms with E-state index in [1.807, 2.05) is 12.1 Å². The van der Waals surface area contributed by atoms with Gasteiger partial charge in [-0.2, -0.15) is 5.26 Å². The Morgan fingerprint density at radius 1 is 1.20 bits per heavy atom. The predicted octanol–water partition coefficient (Wildman–Crippen LogP) is 2.38. The number of aliphatic hydroxyl groups excluding tert-OH is 1. The highest BCUT2D eigenvalue weighted by Gasteiger charge is 2.79. The molecule has 4 heteroatoms. The SMILES string of the molecule is N#CCNC(=O)CC1(c2ccccc2)C2CC3CC24CC(CC41)C3O. The molecule has 25 heavy (non-hydrogen) atoms. The van der Waals surface area contributed by atoms with Crippen LogP contribution in [0.2, 0.25) is 0 Å². The molecule has 0 aliphatic heterocycles. The molecule has 4 aliphatic rings. The van der Waals surface area contributed by atoms with Crippen LogP contribution in [0.25, 0.3) is 0 Å². The first-order valence-electron chi connectivity index (χ1n) is 9.49. The van der Waals surface area contributed by atoms with E-state index < -0.39 is 0 Å². The third kappa shape index (κ3) is 1.77. The molecule has 4 unspecified atom stereocenters. The van der Waals surface area contributed by atoms with Crippen LogP contribution in [0.1, 0.15) is 37.7 Å². The second-order valence-corrected chi connectivity index (χ2v) is 8.75. The average molecular weight is 336 g/mol. The quantitative estimate of drug-likeness (QED) is 0.829. The molecule has 1 aromatic carbocycles. The third-order valence-electron chi connectivity index (χ3n) is 8.09. The molecule has 0 heterocycles. The summed E-state index contributed by atoms with van der Waals surface area (Å²) >= 11 is 0. The molecule has 0 saturated heterocycles. The summed E-state index contributed by atoms with van der Waals surface area (Å²) in [6, 6.07) is 12.5. The lowest BCUT2D eigenvalue weighted by atomic mass is 9.38. The number of rotatable bonds is 4. The van der Waals surface area contributed by atoms with Crippen LogP contribution in [0.15, 0.2) is 30.3 Å². The summed E-state index contributed by atoms with van der Waals surface area (Å²) in [5.74, 6) is 1.81. The number of fused-ring (bicyclic) bond motifs is 2. The van der Waals surface area contributed by atoms with Gasteiger partial charge in [0.15, 0.2) is 0 Å². The zero-order valence-electron chi connectivity index (χ0n) is 14.3. The molecule has 1 amide bonds. The highest BCUT2D eigenvalue weighted by molar-refractivity contribution is 5.78. The molecule has 4 fully saturated rings. The van der Waals surface area contributed by atoms with Crippen LogP contribution in [0.5, 0.6) is 0 Å². The molecule has 4 atom stereocenters. The number of nitrogens with one attached hydrogen (secondary N) is 1. The van der Waals surface area contributed by atoms with Crippen LogP contribution in [0.3, 0.4) is 0 Å². The van der Waals surface area contributed by atoms with Gasteiger partial charge in [0.05, 0.1) is 12.2 Å². The van der Waals surface area contributed by atoms with Gasteiger partial charge in [-0.3, -0.25) is 4.79 Å². The highest BCUT2D eigenvalue weighted by Crippen LogP contribution is 2.82. The lowest BCUT2D eigenvalue weighted by Gasteiger charge is -2.65. The number of nitrogens with zero attached hydrogens (tertiary/aromatic N) is 1. The Balaban J connectivity index is 1.56. The van der Waals surface area contributed by atoms with Gasteiger partial charge < -0.3 is 10.4 Å². The van der Waals surface area contributed by atoms with Gasteiger partial charge in [0.25, 0.3) is 0 Å². The van der Waals surface area contributed by atoms with Crippen molar-refractivity contribution in [3.8, 4) is 6.07 Å². The van der Waals surface area contributed by atoms with E-state index in [1.165, 1.54) is 5.56 Å². The van der Waals surface area contributed by atoms with Crippen molar-refractivity contribution in [2.45, 2.75) is 43.6 Å². The van der Waals surface area contributed by atoms with Crippen molar-refractivity contribution in [2.75, 3.05) is 6.54 Å². The van der Waals surface area contributed by atoms with Crippen molar-refractivity contribution < 1.29 is 9.90 Å². The molecule has 4 aliphatic carbocycles. The van der Waals surface area contributed by atoms with Gasteiger partial charge in [-0.25, -0.2) is 0 Å². The zero-order valence-corrected chi connectivity index (χ0v) is 14.3. The highest BCUT2D eigenvalue weighted by atomic mass is 16.3. The molecule has 0 radical (unpaired) electrons. The van der Waals surface area contributed by atoms with Crippen molar-refractivity contribution in [3.63, 3.8) is 0 Å². The summed E-state index contributed by atoms with van der Waals surface area (Å²) < 4.78 is 0. The van der Waals surface area contributed by atoms with Gasteiger partial charge in [-0.05, 0) is 60.3 Å². The van der Waals surface area contributed by atoms with Crippen LogP contribution in [-0.4, -0.2) is 23.7 Å². The summed E-state index contributed by atoms with van der Waals surface area (Å²) in [6.45, 7) is 0.0775. The minimum atomic E-state index is -0.135. The van der Waals surface area contributed by atoms with Crippen molar-refractivity contribution in [1.82, 2.24) is 5.32 Å². The smallest absolute Gasteiger partial charge is 0.221 e. The van der Waals surface area contributed by atoms with Gasteiger partial charge in [-0.1, -0.05) is 30.3 Å². The molecule has 1 aromatic rings. The lowest BCUT2D eigenvalue weighted by Crippen LogP contribution is -2.64. The second kappa shape index (κ2) is 5.08. The Bertz CT molecular complexity index is 727. The summed E-state index contributed by atoms with van der Waals surface area (Å²) in [4.78, 5) is 12.6. The molecule has 2 N–H and O–H groups in total. The Morgan fingerprint density at radius 3 is 2.44 bits per heavy atom. The fourth-order valence-electron chi connectivity index (χ4n) is 7.58. The first kappa shape index (κ1) is 15.4. The maximum atomic E-state index is 12.6. The Hall–Kier alpha value is -1.86. The molecular weight excluding hydrogens is 312 g/mol. The molecule has 4 saturated carbocycles. The Morgan fingerprint density at radius 2 is 1.84 bits per heavy atom. The second-order valence-electron chi connectivity index (χ2n) is 8.75. The standard InChI is InChI=1S/C21H24N2O2/c22-6-7-23-18(24)12-21(15-4-2-1-3-5-15)16-8-13-10-20(16)11-14(19(13)25)9-17(20)21/h1-5,13-14,16-17,19,25H,7-12H2,(H,23,24). The number of hydrogen-bond acceptors (Lipinski definition) is 3. The minimum absolute atomic E-state index is 0.00738. The molecule has 1 spiro atoms. The Kier molecular flexibility index (Phi) is 3.13. The van der Waals surface area contributed by atoms with Gasteiger partial charge in [0, 0.05) is 11.8 Å². The van der Waals surface area contributed by atoms with Crippen LogP contribution in [-0.2, 0) is 10.2 Å². The van der Waals surface area contributed by atoms with E-state index in [0.29, 0.717) is 35.5 Å². The molecule has 130 valence electrons. The van der Waals surface area contributed by atoms with E-state index in [2.05, 4.69) is 29.6 Å². The Labute approximate surface area is 148 Å². The molecule has 5 rings (SSSR count). The largest absolute Gasteiger partial charge is 0.393 e. The summed E-state index contributed by atoms with van der Waals surface area (Å²) in [7, 11) is 0. The molecule has 4 nitrogen and oxygen atoms in total. The molecular formula is C21H24N2O2. The first-order chi connectivity index (χ1) is 12.1. The number of carbonyl (C=O) groups is 1. The summed E-state index contributed by atoms with van der Waals surface area (Å²) in [5, 5.41) is 22.2. The van der Waals surface area contributed by atoms with E-state index in [-0.39, 0.29) is 24.0 Å². The van der Waals surface area contributed by atoms with Crippen LogP contribution in [0.4, 0.5) is 0 Å². The number of amides is 1. The van der Waals surface area contributed by atoms with Crippen LogP contribution in [0, 0.1) is 40.4 Å². The number of nitriles is 1. The van der Waals surface area contributed by atoms with E-state index >= 15 is 0 Å². The van der Waals surface area contributed by atoms with Crippen molar-refractivity contribution in [2.24, 2.45) is 29.1 Å². The van der Waals surface area contributed by atoms with Crippen molar-refractivity contribution in [3.05, 3.63) is 35.9 Å². The maximum Gasteiger partial charge on any atom is 0.221 e. The number of aliphatic hydroxyl groups is 1. The third-order valence-corrected chi connectivity index (χ3v) is 8.09. The minimum Gasteiger partial charge on any atom is -0.393 e. The van der Waals surface area contributed by atoms with Gasteiger partial charge in [-0.15, -0.1) is 0 Å². The van der Waals surface area contributed by atoms with Crippen LogP contribution >= 0.6 is 0 Å². The average Bonchev–Trinajstić information content (AvgIpc) is 3.10. The number of carbonyl (C=O) groups excluding carboxylic acids is 1.